The number of nitrogens with zero attached hydrogens (tertiary/aromatic N) is 4. The Morgan fingerprint density at radius 3 is 2.51 bits per heavy atom. The van der Waals surface area contributed by atoms with Gasteiger partial charge >= 0.3 is 6.09 Å². The number of aromatic nitrogens is 3. The summed E-state index contributed by atoms with van der Waals surface area (Å²) in [5.74, 6) is 1.21. The molecule has 2 aliphatic rings. The van der Waals surface area contributed by atoms with Gasteiger partial charge in [0.15, 0.2) is 5.79 Å². The minimum absolute atomic E-state index is 0.0498. The molecule has 51 heavy (non-hydrogen) atoms. The molecule has 4 atom stereocenters. The number of ether oxygens (including phenoxy) is 4. The van der Waals surface area contributed by atoms with E-state index in [1.165, 1.54) is 5.56 Å². The predicted octanol–water partition coefficient (Wildman–Crippen LogP) is 7.20. The molecule has 1 aliphatic heterocycles. The van der Waals surface area contributed by atoms with Crippen LogP contribution in [0, 0.1) is 9.49 Å². The van der Waals surface area contributed by atoms with Crippen LogP contribution in [0.15, 0.2) is 67.1 Å². The first-order chi connectivity index (χ1) is 24.4. The van der Waals surface area contributed by atoms with Gasteiger partial charge in [0.05, 0.1) is 24.6 Å². The zero-order chi connectivity index (χ0) is 36.2. The van der Waals surface area contributed by atoms with Crippen LogP contribution in [0.3, 0.4) is 0 Å². The summed E-state index contributed by atoms with van der Waals surface area (Å²) < 4.78 is 27.5. The van der Waals surface area contributed by atoms with Crippen molar-refractivity contribution in [3.8, 4) is 5.75 Å². The fourth-order valence-electron chi connectivity index (χ4n) is 7.10. The third-order valence-corrected chi connectivity index (χ3v) is 10.3. The lowest BCUT2D eigenvalue weighted by molar-refractivity contribution is -0.160. The molecule has 11 nitrogen and oxygen atoms in total. The quantitative estimate of drug-likeness (QED) is 0.101. The number of benzene rings is 2. The normalized spacial score (nSPS) is 21.1. The van der Waals surface area contributed by atoms with E-state index in [0.29, 0.717) is 19.6 Å². The second-order valence-corrected chi connectivity index (χ2v) is 16.1. The van der Waals surface area contributed by atoms with Gasteiger partial charge in [-0.2, -0.15) is 0 Å². The van der Waals surface area contributed by atoms with E-state index < -0.39 is 11.4 Å². The van der Waals surface area contributed by atoms with E-state index in [0.717, 1.165) is 64.1 Å². The van der Waals surface area contributed by atoms with Crippen molar-refractivity contribution in [3.05, 3.63) is 81.8 Å². The Labute approximate surface area is 314 Å². The van der Waals surface area contributed by atoms with E-state index in [9.17, 15) is 4.79 Å². The number of carbonyl (C=O) groups is 1. The van der Waals surface area contributed by atoms with Crippen molar-refractivity contribution in [1.82, 2.24) is 24.8 Å². The summed E-state index contributed by atoms with van der Waals surface area (Å²) in [4.78, 5) is 24.3. The van der Waals surface area contributed by atoms with Crippen LogP contribution in [-0.2, 0) is 27.2 Å². The van der Waals surface area contributed by atoms with Gasteiger partial charge in [0.1, 0.15) is 35.2 Å². The van der Waals surface area contributed by atoms with E-state index in [1.54, 1.807) is 13.4 Å². The number of amides is 1. The molecule has 0 unspecified atom stereocenters. The van der Waals surface area contributed by atoms with Crippen molar-refractivity contribution in [1.29, 1.82) is 0 Å². The highest BCUT2D eigenvalue weighted by Crippen LogP contribution is 2.48. The van der Waals surface area contributed by atoms with E-state index in [1.807, 2.05) is 69.9 Å². The summed E-state index contributed by atoms with van der Waals surface area (Å²) in [6.07, 6.45) is 5.86. The summed E-state index contributed by atoms with van der Waals surface area (Å²) in [7, 11) is 1.67. The Bertz CT molecular complexity index is 1760. The molecule has 2 N–H and O–H groups in total. The van der Waals surface area contributed by atoms with Gasteiger partial charge in [0.25, 0.3) is 0 Å². The first-order valence-electron chi connectivity index (χ1n) is 17.9. The molecule has 0 bridgehead atoms. The van der Waals surface area contributed by atoms with Gasteiger partial charge in [-0.1, -0.05) is 42.5 Å². The minimum atomic E-state index is -0.672. The molecule has 6 rings (SSSR count). The molecule has 1 saturated heterocycles. The third-order valence-electron chi connectivity index (χ3n) is 9.44. The maximum absolute atomic E-state index is 13.1. The molecule has 2 fully saturated rings. The van der Waals surface area contributed by atoms with Gasteiger partial charge in [-0.05, 0) is 106 Å². The van der Waals surface area contributed by atoms with Gasteiger partial charge < -0.3 is 39.0 Å². The molecule has 1 saturated carbocycles. The number of carbonyl (C=O) groups excluding carboxylic acids is 1. The fraction of sp³-hybridized carbons (Fsp3) is 0.513. The highest BCUT2D eigenvalue weighted by atomic mass is 127. The number of fused-ring (bicyclic) bond motifs is 2. The van der Waals surface area contributed by atoms with Crippen LogP contribution in [-0.4, -0.2) is 82.4 Å². The maximum Gasteiger partial charge on any atom is 0.410 e. The zero-order valence-electron chi connectivity index (χ0n) is 30.5. The van der Waals surface area contributed by atoms with Crippen LogP contribution in [0.1, 0.15) is 64.6 Å². The van der Waals surface area contributed by atoms with E-state index >= 15 is 0 Å². The molecule has 0 spiro atoms. The summed E-state index contributed by atoms with van der Waals surface area (Å²) in [6, 6.07) is 18.3. The average Bonchev–Trinajstić information content (AvgIpc) is 3.72. The number of anilines is 1. The topological polar surface area (TPSA) is 112 Å². The number of rotatable bonds is 14. The largest absolute Gasteiger partial charge is 0.497 e. The second-order valence-electron chi connectivity index (χ2n) is 14.9. The molecule has 4 aromatic rings. The Balaban J connectivity index is 1.09. The first-order valence-corrected chi connectivity index (χ1v) is 18.9. The SMILES string of the molecule is COc1ccc(CNc2ncnc3c2c(I)cn3[C@@H]2C[C@H](CNCCCN(CCc3ccccc3)C(=O)OC(C)(C)C)[C@H]3OC(C)(C)O[C@H]32)cc1. The fourth-order valence-corrected chi connectivity index (χ4v) is 7.89. The Kier molecular flexibility index (Phi) is 11.7. The Hall–Kier alpha value is -3.46. The lowest BCUT2D eigenvalue weighted by Crippen LogP contribution is -2.39. The minimum Gasteiger partial charge on any atom is -0.497 e. The van der Waals surface area contributed by atoms with Gasteiger partial charge in [-0.15, -0.1) is 0 Å². The van der Waals surface area contributed by atoms with Gasteiger partial charge in [-0.25, -0.2) is 14.8 Å². The lowest BCUT2D eigenvalue weighted by Gasteiger charge is -2.28. The molecule has 1 amide bonds. The Morgan fingerprint density at radius 2 is 1.78 bits per heavy atom. The van der Waals surface area contributed by atoms with Crippen LogP contribution in [0.4, 0.5) is 10.6 Å². The first kappa shape index (κ1) is 37.3. The highest BCUT2D eigenvalue weighted by molar-refractivity contribution is 14.1. The summed E-state index contributed by atoms with van der Waals surface area (Å²) >= 11 is 2.39. The van der Waals surface area contributed by atoms with Crippen LogP contribution in [0.25, 0.3) is 11.0 Å². The number of methoxy groups -OCH3 is 1. The summed E-state index contributed by atoms with van der Waals surface area (Å²) in [6.45, 7) is 13.1. The van der Waals surface area contributed by atoms with Crippen LogP contribution in [0.2, 0.25) is 0 Å². The molecule has 2 aromatic heterocycles. The molecule has 3 heterocycles. The number of hydrogen-bond acceptors (Lipinski definition) is 9. The van der Waals surface area contributed by atoms with Crippen molar-refractivity contribution in [2.45, 2.75) is 90.1 Å². The van der Waals surface area contributed by atoms with E-state index in [2.05, 4.69) is 73.2 Å². The molecular formula is C39H51IN6O5. The molecular weight excluding hydrogens is 759 g/mol. The van der Waals surface area contributed by atoms with Gasteiger partial charge in [-0.3, -0.25) is 0 Å². The van der Waals surface area contributed by atoms with Crippen molar-refractivity contribution < 1.29 is 23.7 Å². The van der Waals surface area contributed by atoms with E-state index in [-0.39, 0.29) is 30.3 Å². The summed E-state index contributed by atoms with van der Waals surface area (Å²) in [5.41, 5.74) is 2.68. The smallest absolute Gasteiger partial charge is 0.410 e. The number of halogens is 1. The third kappa shape index (κ3) is 9.32. The van der Waals surface area contributed by atoms with Crippen molar-refractivity contribution in [2.24, 2.45) is 5.92 Å². The van der Waals surface area contributed by atoms with Crippen molar-refractivity contribution in [2.75, 3.05) is 38.6 Å². The number of nitrogens with one attached hydrogen (secondary N) is 2. The summed E-state index contributed by atoms with van der Waals surface area (Å²) in [5, 5.41) is 8.21. The van der Waals surface area contributed by atoms with Crippen molar-refractivity contribution >= 4 is 45.5 Å². The molecule has 12 heteroatoms. The highest BCUT2D eigenvalue weighted by Gasteiger charge is 2.54. The van der Waals surface area contributed by atoms with Crippen LogP contribution < -0.4 is 15.4 Å². The van der Waals surface area contributed by atoms with Crippen molar-refractivity contribution in [3.63, 3.8) is 0 Å². The predicted molar refractivity (Wildman–Crippen MR) is 207 cm³/mol. The average molecular weight is 811 g/mol. The standard InChI is InChI=1S/C39H51IN6O5/c1-38(2,3)51-37(47)45(20-17-26-11-8-7-9-12-26)19-10-18-41-23-28-21-31(34-33(28)49-39(4,5)50-34)46-24-30(40)32-35(43-25-44-36(32)46)42-22-27-13-15-29(48-6)16-14-27/h7-9,11-16,24-25,28,31,33-34,41H,10,17-23H2,1-6H3,(H,42,43,44)/t28-,31-,33-,34+/m1/s1. The zero-order valence-corrected chi connectivity index (χ0v) is 32.7. The van der Waals surface area contributed by atoms with Crippen LogP contribution >= 0.6 is 22.6 Å². The maximum atomic E-state index is 13.1. The Morgan fingerprint density at radius 1 is 1.04 bits per heavy atom. The van der Waals surface area contributed by atoms with E-state index in [4.69, 9.17) is 23.9 Å². The molecule has 274 valence electrons. The van der Waals surface area contributed by atoms with Crippen LogP contribution in [0.5, 0.6) is 5.75 Å². The monoisotopic (exact) mass is 810 g/mol. The molecule has 0 radical (unpaired) electrons. The second kappa shape index (κ2) is 16.1. The number of hydrogen-bond donors (Lipinski definition) is 2. The molecule has 2 aromatic carbocycles. The lowest BCUT2D eigenvalue weighted by atomic mass is 10.1. The van der Waals surface area contributed by atoms with Gasteiger partial charge in [0.2, 0.25) is 0 Å². The van der Waals surface area contributed by atoms with Gasteiger partial charge in [0, 0.05) is 41.9 Å². The molecule has 1 aliphatic carbocycles.